The summed E-state index contributed by atoms with van der Waals surface area (Å²) in [5.41, 5.74) is 11.1. The molecule has 2 aromatic carbocycles. The third-order valence-corrected chi connectivity index (χ3v) is 6.38. The van der Waals surface area contributed by atoms with Gasteiger partial charge in [0, 0.05) is 34.8 Å². The number of rotatable bonds is 3. The molecule has 10 nitrogen and oxygen atoms in total. The predicted molar refractivity (Wildman–Crippen MR) is 140 cm³/mol. The minimum absolute atomic E-state index is 0. The summed E-state index contributed by atoms with van der Waals surface area (Å²) in [7, 11) is -4.92. The first-order chi connectivity index (χ1) is 17.5. The van der Waals surface area contributed by atoms with Crippen LogP contribution in [0.4, 0.5) is 5.82 Å². The van der Waals surface area contributed by atoms with Crippen LogP contribution >= 0.6 is 0 Å². The van der Waals surface area contributed by atoms with Gasteiger partial charge in [0.1, 0.15) is 22.9 Å². The van der Waals surface area contributed by atoms with Gasteiger partial charge < -0.3 is 15.4 Å². The lowest BCUT2D eigenvalue weighted by molar-refractivity contribution is -0.0335. The predicted octanol–water partition coefficient (Wildman–Crippen LogP) is 3.94. The zero-order valence-electron chi connectivity index (χ0n) is 20.8. The van der Waals surface area contributed by atoms with Gasteiger partial charge in [-0.15, -0.1) is 0 Å². The summed E-state index contributed by atoms with van der Waals surface area (Å²) < 4.78 is 34.9. The van der Waals surface area contributed by atoms with Crippen LogP contribution in [0.1, 0.15) is 32.9 Å². The molecule has 0 unspecified atom stereocenters. The molecule has 37 heavy (non-hydrogen) atoms. The van der Waals surface area contributed by atoms with Crippen molar-refractivity contribution in [1.82, 2.24) is 19.4 Å². The van der Waals surface area contributed by atoms with Crippen molar-refractivity contribution >= 4 is 32.6 Å². The number of fused-ring (bicyclic) bond motifs is 2. The zero-order valence-corrected chi connectivity index (χ0v) is 20.6. The molecule has 0 amide bonds. The van der Waals surface area contributed by atoms with Gasteiger partial charge in [-0.05, 0) is 31.9 Å². The Bertz CT molecular complexity index is 1710. The smallest absolute Gasteiger partial charge is 0.726 e. The molecule has 11 heteroatoms. The van der Waals surface area contributed by atoms with Crippen LogP contribution in [-0.2, 0) is 10.4 Å². The first kappa shape index (κ1) is 24.8. The van der Waals surface area contributed by atoms with Gasteiger partial charge in [-0.2, -0.15) is 0 Å². The van der Waals surface area contributed by atoms with Crippen LogP contribution in [0.25, 0.3) is 38.9 Å². The van der Waals surface area contributed by atoms with Crippen LogP contribution in [-0.4, -0.2) is 47.6 Å². The number of nitrogens with two attached hydrogens (primary N) is 1. The SMILES string of the molecule is CC1(O)CC(c2nc(-c3ccc4ccc(-c5ccccc5)nc4c3)c3c(N)nccn23)C1.O=S(=O)([O-])O.[H+]. The average Bonchev–Trinajstić information content (AvgIpc) is 3.22. The molecule has 0 bridgehead atoms. The molecule has 4 N–H and O–H groups in total. The number of pyridine rings is 1. The first-order valence-corrected chi connectivity index (χ1v) is 12.8. The number of benzene rings is 2. The number of aliphatic hydroxyl groups is 1. The molecular formula is C26H25N5O5S. The van der Waals surface area contributed by atoms with Gasteiger partial charge in [-0.25, -0.2) is 23.4 Å². The van der Waals surface area contributed by atoms with Crippen molar-refractivity contribution in [3.63, 3.8) is 0 Å². The minimum atomic E-state index is -4.92. The molecule has 0 saturated heterocycles. The molecule has 0 radical (unpaired) electrons. The highest BCUT2D eigenvalue weighted by molar-refractivity contribution is 7.79. The zero-order chi connectivity index (χ0) is 26.4. The maximum Gasteiger partial charge on any atom is 1.00 e. The largest absolute Gasteiger partial charge is 1.00 e. The van der Waals surface area contributed by atoms with Crippen molar-refractivity contribution in [1.29, 1.82) is 0 Å². The highest BCUT2D eigenvalue weighted by atomic mass is 32.3. The highest BCUT2D eigenvalue weighted by Gasteiger charge is 2.41. The van der Waals surface area contributed by atoms with Crippen LogP contribution in [0, 0.1) is 0 Å². The molecule has 6 rings (SSSR count). The maximum atomic E-state index is 10.3. The molecule has 5 aromatic rings. The van der Waals surface area contributed by atoms with Gasteiger partial charge in [0.25, 0.3) is 0 Å². The van der Waals surface area contributed by atoms with Gasteiger partial charge in [0.05, 0.1) is 16.8 Å². The van der Waals surface area contributed by atoms with Crippen molar-refractivity contribution in [3.8, 4) is 22.5 Å². The fraction of sp³-hybridized carbons (Fsp3) is 0.192. The van der Waals surface area contributed by atoms with Crippen LogP contribution in [0.15, 0.2) is 73.1 Å². The second kappa shape index (κ2) is 9.20. The van der Waals surface area contributed by atoms with Crippen molar-refractivity contribution in [2.45, 2.75) is 31.3 Å². The molecule has 1 saturated carbocycles. The number of aromatic nitrogens is 4. The Morgan fingerprint density at radius 2 is 1.76 bits per heavy atom. The van der Waals surface area contributed by atoms with E-state index >= 15 is 0 Å². The van der Waals surface area contributed by atoms with Gasteiger partial charge in [-0.3, -0.25) is 8.95 Å². The van der Waals surface area contributed by atoms with Gasteiger partial charge in [0.15, 0.2) is 0 Å². The molecule has 1 aliphatic carbocycles. The number of imidazole rings is 1. The van der Waals surface area contributed by atoms with Crippen molar-refractivity contribution in [2.75, 3.05) is 5.73 Å². The maximum absolute atomic E-state index is 10.3. The molecular weight excluding hydrogens is 494 g/mol. The lowest BCUT2D eigenvalue weighted by Crippen LogP contribution is -2.40. The van der Waals surface area contributed by atoms with Gasteiger partial charge in [-0.1, -0.05) is 48.5 Å². The average molecular weight is 520 g/mol. The summed E-state index contributed by atoms with van der Waals surface area (Å²) in [5.74, 6) is 1.55. The highest BCUT2D eigenvalue weighted by Crippen LogP contribution is 2.45. The lowest BCUT2D eigenvalue weighted by atomic mass is 9.72. The third kappa shape index (κ3) is 5.30. The monoisotopic (exact) mass is 519 g/mol. The van der Waals surface area contributed by atoms with Crippen molar-refractivity contribution in [3.05, 3.63) is 78.9 Å². The fourth-order valence-corrected chi connectivity index (χ4v) is 4.79. The van der Waals surface area contributed by atoms with E-state index in [1.54, 1.807) is 6.20 Å². The van der Waals surface area contributed by atoms with E-state index in [1.807, 2.05) is 41.8 Å². The van der Waals surface area contributed by atoms with Crippen LogP contribution in [0.5, 0.6) is 0 Å². The van der Waals surface area contributed by atoms with Gasteiger partial charge >= 0.3 is 1.43 Å². The molecule has 3 heterocycles. The minimum Gasteiger partial charge on any atom is -0.726 e. The van der Waals surface area contributed by atoms with E-state index in [2.05, 4.69) is 41.4 Å². The first-order valence-electron chi connectivity index (χ1n) is 11.5. The number of nitrogen functional groups attached to an aromatic ring is 1. The second-order valence-electron chi connectivity index (χ2n) is 9.35. The number of nitrogens with zero attached hydrogens (tertiary/aromatic N) is 4. The van der Waals surface area contributed by atoms with E-state index < -0.39 is 16.0 Å². The quantitative estimate of drug-likeness (QED) is 0.236. The summed E-state index contributed by atoms with van der Waals surface area (Å²) >= 11 is 0. The van der Waals surface area contributed by atoms with E-state index in [9.17, 15) is 5.11 Å². The Hall–Kier alpha value is -3.90. The standard InChI is InChI=1S/C26H23N5O.H2O4S/c1-26(32)14-19(15-26)25-30-22(23-24(27)28-11-12-31(23)25)18-8-7-17-9-10-20(29-21(17)13-18)16-5-3-2-4-6-16;1-5(2,3)4/h2-13,19,32H,14-15H2,1H3,(H2,27,28);(H2,1,2,3,4). The molecule has 0 aliphatic heterocycles. The Morgan fingerprint density at radius 3 is 2.43 bits per heavy atom. The topological polar surface area (TPSA) is 167 Å². The van der Waals surface area contributed by atoms with Crippen LogP contribution in [0.3, 0.4) is 0 Å². The molecule has 190 valence electrons. The summed E-state index contributed by atoms with van der Waals surface area (Å²) in [6.45, 7) is 1.87. The fourth-order valence-electron chi connectivity index (χ4n) is 4.79. The van der Waals surface area contributed by atoms with Crippen molar-refractivity contribution in [2.24, 2.45) is 0 Å². The lowest BCUT2D eigenvalue weighted by Gasteiger charge is -2.40. The normalized spacial score (nSPS) is 19.3. The van der Waals surface area contributed by atoms with E-state index in [-0.39, 0.29) is 7.34 Å². The Kier molecular flexibility index (Phi) is 6.16. The third-order valence-electron chi connectivity index (χ3n) is 6.38. The second-order valence-corrected chi connectivity index (χ2v) is 10.2. The molecule has 0 atom stereocenters. The number of hydrogen-bond donors (Lipinski definition) is 3. The van der Waals surface area contributed by atoms with E-state index in [4.69, 9.17) is 33.2 Å². The Labute approximate surface area is 214 Å². The summed E-state index contributed by atoms with van der Waals surface area (Å²) in [6.07, 6.45) is 4.97. The van der Waals surface area contributed by atoms with E-state index in [1.165, 1.54) is 0 Å². The Balaban J connectivity index is 0.000000516. The van der Waals surface area contributed by atoms with Crippen LogP contribution < -0.4 is 5.73 Å². The summed E-state index contributed by atoms with van der Waals surface area (Å²) in [6, 6.07) is 20.5. The summed E-state index contributed by atoms with van der Waals surface area (Å²) in [4.78, 5) is 14.2. The van der Waals surface area contributed by atoms with Crippen molar-refractivity contribution < 1.29 is 24.1 Å². The van der Waals surface area contributed by atoms with E-state index in [0.29, 0.717) is 18.7 Å². The Morgan fingerprint density at radius 1 is 1.08 bits per heavy atom. The van der Waals surface area contributed by atoms with E-state index in [0.717, 1.165) is 44.8 Å². The molecule has 0 spiro atoms. The summed E-state index contributed by atoms with van der Waals surface area (Å²) in [5, 5.41) is 11.3. The number of anilines is 1. The van der Waals surface area contributed by atoms with Gasteiger partial charge in [0.2, 0.25) is 10.4 Å². The molecule has 1 aliphatic rings. The molecule has 1 fully saturated rings. The molecule has 3 aromatic heterocycles. The number of hydrogen-bond acceptors (Lipinski definition) is 8. The van der Waals surface area contributed by atoms with Crippen LogP contribution in [0.2, 0.25) is 0 Å².